The van der Waals surface area contributed by atoms with E-state index in [1.807, 2.05) is 13.8 Å². The molecule has 0 atom stereocenters. The first-order valence-corrected chi connectivity index (χ1v) is 8.82. The van der Waals surface area contributed by atoms with Crippen LogP contribution in [0.1, 0.15) is 20.3 Å². The number of carbonyl (C=O) groups excluding carboxylic acids is 1. The lowest BCUT2D eigenvalue weighted by molar-refractivity contribution is -0.121. The van der Waals surface area contributed by atoms with E-state index in [0.29, 0.717) is 0 Å². The maximum atomic E-state index is 12.2. The number of nitrogen functional groups attached to an aromatic ring is 1. The van der Waals surface area contributed by atoms with Crippen molar-refractivity contribution in [2.75, 3.05) is 12.3 Å². The molecule has 0 unspecified atom stereocenters. The van der Waals surface area contributed by atoms with E-state index >= 15 is 0 Å². The molecule has 4 N–H and O–H groups in total. The lowest BCUT2D eigenvalue weighted by atomic mass is 10.3. The zero-order valence-electron chi connectivity index (χ0n) is 11.6. The Balaban J connectivity index is 2.77. The number of benzene rings is 1. The van der Waals surface area contributed by atoms with Crippen LogP contribution in [0.3, 0.4) is 0 Å². The minimum Gasteiger partial charge on any atom is -0.398 e. The van der Waals surface area contributed by atoms with Gasteiger partial charge in [-0.25, -0.2) is 13.1 Å². The van der Waals surface area contributed by atoms with Gasteiger partial charge in [0.15, 0.2) is 0 Å². The van der Waals surface area contributed by atoms with Crippen LogP contribution in [-0.2, 0) is 14.8 Å². The van der Waals surface area contributed by atoms with Crippen LogP contribution >= 0.6 is 27.5 Å². The number of halogens is 2. The van der Waals surface area contributed by atoms with Crippen LogP contribution in [0.5, 0.6) is 0 Å². The third-order valence-corrected chi connectivity index (χ3v) is 5.27. The SMILES string of the molecule is CC(C)NC(=O)CCNS(=O)(=O)c1cc(Cl)cc(N)c1Br. The van der Waals surface area contributed by atoms with Gasteiger partial charge >= 0.3 is 0 Å². The molecule has 0 aliphatic heterocycles. The topological polar surface area (TPSA) is 101 Å². The highest BCUT2D eigenvalue weighted by Crippen LogP contribution is 2.31. The number of anilines is 1. The summed E-state index contributed by atoms with van der Waals surface area (Å²) in [6.07, 6.45) is 0.0467. The van der Waals surface area contributed by atoms with Crippen molar-refractivity contribution in [1.82, 2.24) is 10.0 Å². The lowest BCUT2D eigenvalue weighted by Crippen LogP contribution is -2.34. The van der Waals surface area contributed by atoms with Crippen LogP contribution in [0.4, 0.5) is 5.69 Å². The Morgan fingerprint density at radius 2 is 2.05 bits per heavy atom. The molecule has 0 spiro atoms. The first-order valence-electron chi connectivity index (χ1n) is 6.17. The summed E-state index contributed by atoms with van der Waals surface area (Å²) in [5, 5.41) is 2.89. The Bertz CT molecular complexity index is 635. The Kier molecular flexibility index (Phi) is 6.45. The second-order valence-corrected chi connectivity index (χ2v) is 7.64. The summed E-state index contributed by atoms with van der Waals surface area (Å²) in [7, 11) is -3.80. The molecular formula is C12H17BrClN3O3S. The molecule has 1 aromatic carbocycles. The van der Waals surface area contributed by atoms with Crippen molar-refractivity contribution in [1.29, 1.82) is 0 Å². The Morgan fingerprint density at radius 1 is 1.43 bits per heavy atom. The van der Waals surface area contributed by atoms with Crippen molar-refractivity contribution in [3.63, 3.8) is 0 Å². The molecule has 0 fully saturated rings. The molecule has 0 aromatic heterocycles. The number of nitrogens with one attached hydrogen (secondary N) is 2. The fourth-order valence-corrected chi connectivity index (χ4v) is 3.87. The Hall–Kier alpha value is -0.830. The number of rotatable bonds is 6. The standard InChI is InChI=1S/C12H17BrClN3O3S/c1-7(2)17-11(18)3-4-16-21(19,20)10-6-8(14)5-9(15)12(10)13/h5-7,16H,3-4,15H2,1-2H3,(H,17,18). The number of carbonyl (C=O) groups is 1. The summed E-state index contributed by atoms with van der Waals surface area (Å²) in [5.41, 5.74) is 5.88. The molecule has 0 saturated heterocycles. The second kappa shape index (κ2) is 7.44. The summed E-state index contributed by atoms with van der Waals surface area (Å²) < 4.78 is 26.9. The van der Waals surface area contributed by atoms with Crippen LogP contribution < -0.4 is 15.8 Å². The van der Waals surface area contributed by atoms with Gasteiger partial charge in [0.25, 0.3) is 0 Å². The molecule has 0 bridgehead atoms. The van der Waals surface area contributed by atoms with Crippen molar-refractivity contribution in [2.24, 2.45) is 0 Å². The highest BCUT2D eigenvalue weighted by molar-refractivity contribution is 9.10. The average Bonchev–Trinajstić information content (AvgIpc) is 2.32. The molecule has 0 heterocycles. The van der Waals surface area contributed by atoms with Crippen molar-refractivity contribution in [3.8, 4) is 0 Å². The number of hydrogen-bond acceptors (Lipinski definition) is 4. The van der Waals surface area contributed by atoms with Gasteiger partial charge in [-0.15, -0.1) is 0 Å². The van der Waals surface area contributed by atoms with Gasteiger partial charge in [-0.1, -0.05) is 11.6 Å². The fraction of sp³-hybridized carbons (Fsp3) is 0.417. The second-order valence-electron chi connectivity index (χ2n) is 4.68. The molecule has 118 valence electrons. The minimum atomic E-state index is -3.80. The first kappa shape index (κ1) is 18.2. The number of amides is 1. The van der Waals surface area contributed by atoms with Crippen molar-refractivity contribution >= 4 is 49.1 Å². The Labute approximate surface area is 137 Å². The van der Waals surface area contributed by atoms with E-state index < -0.39 is 10.0 Å². The van der Waals surface area contributed by atoms with Gasteiger partial charge in [0, 0.05) is 29.7 Å². The molecule has 1 rings (SSSR count). The average molecular weight is 399 g/mol. The van der Waals surface area contributed by atoms with Gasteiger partial charge < -0.3 is 11.1 Å². The number of hydrogen-bond donors (Lipinski definition) is 3. The Morgan fingerprint density at radius 3 is 2.62 bits per heavy atom. The molecular weight excluding hydrogens is 382 g/mol. The van der Waals surface area contributed by atoms with Gasteiger partial charge in [0.05, 0.1) is 9.37 Å². The third kappa shape index (κ3) is 5.46. The van der Waals surface area contributed by atoms with E-state index in [1.165, 1.54) is 12.1 Å². The van der Waals surface area contributed by atoms with Gasteiger partial charge in [-0.3, -0.25) is 4.79 Å². The quantitative estimate of drug-likeness (QED) is 0.637. The molecule has 1 amide bonds. The van der Waals surface area contributed by atoms with Crippen LogP contribution in [-0.4, -0.2) is 26.9 Å². The van der Waals surface area contributed by atoms with E-state index in [2.05, 4.69) is 26.0 Å². The van der Waals surface area contributed by atoms with Gasteiger partial charge in [0.1, 0.15) is 0 Å². The maximum Gasteiger partial charge on any atom is 0.241 e. The van der Waals surface area contributed by atoms with Crippen LogP contribution in [0.2, 0.25) is 5.02 Å². The van der Waals surface area contributed by atoms with Crippen LogP contribution in [0, 0.1) is 0 Å². The molecule has 6 nitrogen and oxygen atoms in total. The minimum absolute atomic E-state index is 0.0102. The molecule has 0 aliphatic carbocycles. The van der Waals surface area contributed by atoms with Gasteiger partial charge in [-0.05, 0) is 41.9 Å². The largest absolute Gasteiger partial charge is 0.398 e. The van der Waals surface area contributed by atoms with Crippen LogP contribution in [0.15, 0.2) is 21.5 Å². The third-order valence-electron chi connectivity index (χ3n) is 2.42. The smallest absolute Gasteiger partial charge is 0.241 e. The summed E-state index contributed by atoms with van der Waals surface area (Å²) in [6, 6.07) is 2.75. The molecule has 0 aliphatic rings. The van der Waals surface area contributed by atoms with Crippen LogP contribution in [0.25, 0.3) is 0 Å². The molecule has 1 aromatic rings. The van der Waals surface area contributed by atoms with E-state index in [0.717, 1.165) is 0 Å². The van der Waals surface area contributed by atoms with Gasteiger partial charge in [0.2, 0.25) is 15.9 Å². The van der Waals surface area contributed by atoms with E-state index in [9.17, 15) is 13.2 Å². The summed E-state index contributed by atoms with van der Waals surface area (Å²) in [4.78, 5) is 11.4. The zero-order chi connectivity index (χ0) is 16.2. The lowest BCUT2D eigenvalue weighted by Gasteiger charge is -2.11. The molecule has 0 radical (unpaired) electrons. The maximum absolute atomic E-state index is 12.2. The predicted octanol–water partition coefficient (Wildman–Crippen LogP) is 1.88. The monoisotopic (exact) mass is 397 g/mol. The number of nitrogens with two attached hydrogens (primary N) is 1. The number of sulfonamides is 1. The zero-order valence-corrected chi connectivity index (χ0v) is 14.8. The highest BCUT2D eigenvalue weighted by Gasteiger charge is 2.20. The summed E-state index contributed by atoms with van der Waals surface area (Å²) in [5.74, 6) is -0.225. The van der Waals surface area contributed by atoms with Crippen molar-refractivity contribution < 1.29 is 13.2 Å². The van der Waals surface area contributed by atoms with Crippen molar-refractivity contribution in [3.05, 3.63) is 21.6 Å². The predicted molar refractivity (Wildman–Crippen MR) is 86.6 cm³/mol. The van der Waals surface area contributed by atoms with Gasteiger partial charge in [-0.2, -0.15) is 0 Å². The normalized spacial score (nSPS) is 11.7. The first-order chi connectivity index (χ1) is 9.63. The van der Waals surface area contributed by atoms with E-state index in [-0.39, 0.29) is 45.0 Å². The fourth-order valence-electron chi connectivity index (χ4n) is 1.55. The summed E-state index contributed by atoms with van der Waals surface area (Å²) >= 11 is 8.93. The van der Waals surface area contributed by atoms with E-state index in [4.69, 9.17) is 17.3 Å². The van der Waals surface area contributed by atoms with Crippen molar-refractivity contribution in [2.45, 2.75) is 31.2 Å². The highest BCUT2D eigenvalue weighted by atomic mass is 79.9. The summed E-state index contributed by atoms with van der Waals surface area (Å²) in [6.45, 7) is 3.64. The van der Waals surface area contributed by atoms with E-state index in [1.54, 1.807) is 0 Å². The molecule has 21 heavy (non-hydrogen) atoms. The molecule has 9 heteroatoms. The molecule has 0 saturated carbocycles.